The summed E-state index contributed by atoms with van der Waals surface area (Å²) in [4.78, 5) is 51.3. The summed E-state index contributed by atoms with van der Waals surface area (Å²) in [5, 5.41) is 21.4. The van der Waals surface area contributed by atoms with E-state index in [0.29, 0.717) is 11.1 Å². The highest BCUT2D eigenvalue weighted by Gasteiger charge is 2.23. The van der Waals surface area contributed by atoms with Crippen molar-refractivity contribution in [3.8, 4) is 16.9 Å². The fourth-order valence-electron chi connectivity index (χ4n) is 2.94. The van der Waals surface area contributed by atoms with Gasteiger partial charge in [0.15, 0.2) is 0 Å². The molecule has 0 aliphatic rings. The number of nitrogens with two attached hydrogens (primary N) is 1. The summed E-state index contributed by atoms with van der Waals surface area (Å²) in [5.74, 6) is -3.63. The summed E-state index contributed by atoms with van der Waals surface area (Å²) in [5.41, 5.74) is 5.18. The van der Waals surface area contributed by atoms with Gasteiger partial charge in [0.25, 0.3) is 11.5 Å². The molecule has 148 valence electrons. The molecule has 0 fully saturated rings. The monoisotopic (exact) mass is 396 g/mol. The van der Waals surface area contributed by atoms with Gasteiger partial charge in [-0.2, -0.15) is 0 Å². The Labute approximate surface area is 163 Å². The molecule has 5 N–H and O–H groups in total. The Morgan fingerprint density at radius 2 is 1.93 bits per heavy atom. The molecule has 0 bridgehead atoms. The fourth-order valence-corrected chi connectivity index (χ4v) is 2.94. The highest BCUT2D eigenvalue weighted by Crippen LogP contribution is 2.30. The molecule has 0 saturated heterocycles. The third kappa shape index (κ3) is 3.50. The van der Waals surface area contributed by atoms with E-state index in [9.17, 15) is 24.3 Å². The van der Waals surface area contributed by atoms with Gasteiger partial charge < -0.3 is 21.3 Å². The van der Waals surface area contributed by atoms with Crippen LogP contribution in [0.1, 0.15) is 20.7 Å². The summed E-state index contributed by atoms with van der Waals surface area (Å²) in [6.07, 6.45) is 1.41. The van der Waals surface area contributed by atoms with Gasteiger partial charge in [-0.15, -0.1) is 0 Å². The van der Waals surface area contributed by atoms with Crippen LogP contribution in [0, 0.1) is 0 Å². The first kappa shape index (κ1) is 19.5. The Morgan fingerprint density at radius 3 is 2.59 bits per heavy atom. The van der Waals surface area contributed by atoms with Crippen molar-refractivity contribution in [3.05, 3.63) is 58.0 Å². The number of aryl methyl sites for hydroxylation is 1. The maximum Gasteiger partial charge on any atom is 0.322 e. The molecule has 0 aliphatic carbocycles. The van der Waals surface area contributed by atoms with Gasteiger partial charge in [-0.1, -0.05) is 18.2 Å². The molecule has 2 heterocycles. The number of aromatic nitrogens is 2. The summed E-state index contributed by atoms with van der Waals surface area (Å²) in [6, 6.07) is 7.98. The van der Waals surface area contributed by atoms with E-state index >= 15 is 0 Å². The second kappa shape index (κ2) is 7.43. The first-order chi connectivity index (χ1) is 13.7. The Kier molecular flexibility index (Phi) is 5.01. The van der Waals surface area contributed by atoms with Crippen molar-refractivity contribution in [1.29, 1.82) is 0 Å². The number of rotatable bonds is 5. The number of nitrogens with one attached hydrogen (secondary N) is 1. The Hall–Kier alpha value is -4.21. The third-order valence-corrected chi connectivity index (χ3v) is 4.33. The first-order valence-electron chi connectivity index (χ1n) is 8.33. The summed E-state index contributed by atoms with van der Waals surface area (Å²) in [6.45, 7) is -0.719. The van der Waals surface area contributed by atoms with Crippen molar-refractivity contribution in [1.82, 2.24) is 14.9 Å². The average Bonchev–Trinajstić information content (AvgIpc) is 2.70. The number of nitrogens with zero attached hydrogens (tertiary/aromatic N) is 2. The quantitative estimate of drug-likeness (QED) is 0.479. The van der Waals surface area contributed by atoms with Gasteiger partial charge in [-0.3, -0.25) is 23.7 Å². The lowest BCUT2D eigenvalue weighted by Crippen LogP contribution is -2.35. The fraction of sp³-hybridized carbons (Fsp3) is 0.105. The molecule has 10 nitrogen and oxygen atoms in total. The van der Waals surface area contributed by atoms with E-state index in [0.717, 1.165) is 4.57 Å². The van der Waals surface area contributed by atoms with E-state index in [2.05, 4.69) is 4.98 Å². The topological polar surface area (TPSA) is 165 Å². The second-order valence-electron chi connectivity index (χ2n) is 6.17. The number of carbonyl (C=O) groups is 3. The number of aromatic hydroxyl groups is 1. The zero-order valence-electron chi connectivity index (χ0n) is 15.2. The van der Waals surface area contributed by atoms with E-state index in [1.54, 1.807) is 18.2 Å². The molecule has 3 aromatic rings. The standard InChI is InChI=1S/C19H16N4O6/c1-23-17-12(15(26)14(19(23)29)18(28)22-8-13(24)25)6-9(7-21-17)10-4-2-3-5-11(10)16(20)27/h2-7,26H,8H2,1H3,(H2,20,27)(H,22,28)(H,24,25). The smallest absolute Gasteiger partial charge is 0.322 e. The van der Waals surface area contributed by atoms with Crippen LogP contribution < -0.4 is 16.6 Å². The van der Waals surface area contributed by atoms with Crippen LogP contribution in [-0.2, 0) is 11.8 Å². The molecule has 3 rings (SSSR count). The molecular formula is C19H16N4O6. The van der Waals surface area contributed by atoms with Gasteiger partial charge in [0, 0.05) is 24.4 Å². The molecule has 0 saturated carbocycles. The molecular weight excluding hydrogens is 380 g/mol. The van der Waals surface area contributed by atoms with Gasteiger partial charge in [0.1, 0.15) is 23.5 Å². The zero-order valence-corrected chi connectivity index (χ0v) is 15.2. The van der Waals surface area contributed by atoms with Crippen LogP contribution in [0.25, 0.3) is 22.2 Å². The normalized spacial score (nSPS) is 10.7. The lowest BCUT2D eigenvalue weighted by atomic mass is 9.99. The number of hydrogen-bond acceptors (Lipinski definition) is 6. The predicted octanol–water partition coefficient (Wildman–Crippen LogP) is 0.219. The summed E-state index contributed by atoms with van der Waals surface area (Å²) < 4.78 is 1.06. The number of hydrogen-bond donors (Lipinski definition) is 4. The van der Waals surface area contributed by atoms with Gasteiger partial charge in [-0.25, -0.2) is 4.98 Å². The largest absolute Gasteiger partial charge is 0.506 e. The van der Waals surface area contributed by atoms with Gasteiger partial charge in [0.05, 0.1) is 5.39 Å². The van der Waals surface area contributed by atoms with Crippen LogP contribution in [0.5, 0.6) is 5.75 Å². The number of carboxylic acid groups (broad SMARTS) is 1. The molecule has 0 aliphatic heterocycles. The number of fused-ring (bicyclic) bond motifs is 1. The maximum absolute atomic E-state index is 12.5. The highest BCUT2D eigenvalue weighted by atomic mass is 16.4. The summed E-state index contributed by atoms with van der Waals surface area (Å²) in [7, 11) is 1.36. The number of benzene rings is 1. The lowest BCUT2D eigenvalue weighted by Gasteiger charge is -2.13. The van der Waals surface area contributed by atoms with Crippen molar-refractivity contribution < 1.29 is 24.6 Å². The maximum atomic E-state index is 12.5. The Balaban J connectivity index is 2.24. The van der Waals surface area contributed by atoms with Gasteiger partial charge in [0.2, 0.25) is 5.91 Å². The molecule has 29 heavy (non-hydrogen) atoms. The zero-order chi connectivity index (χ0) is 21.3. The Bertz CT molecular complexity index is 1230. The van der Waals surface area contributed by atoms with Crippen molar-refractivity contribution in [3.63, 3.8) is 0 Å². The van der Waals surface area contributed by atoms with Crippen LogP contribution in [0.2, 0.25) is 0 Å². The van der Waals surface area contributed by atoms with Crippen LogP contribution in [0.15, 0.2) is 41.3 Å². The van der Waals surface area contributed by atoms with Crippen molar-refractivity contribution in [2.75, 3.05) is 6.54 Å². The summed E-state index contributed by atoms with van der Waals surface area (Å²) >= 11 is 0. The number of primary amides is 1. The predicted molar refractivity (Wildman–Crippen MR) is 103 cm³/mol. The van der Waals surface area contributed by atoms with Crippen LogP contribution in [0.4, 0.5) is 0 Å². The molecule has 2 aromatic heterocycles. The number of carbonyl (C=O) groups excluding carboxylic acids is 2. The molecule has 1 aromatic carbocycles. The molecule has 0 atom stereocenters. The highest BCUT2D eigenvalue weighted by molar-refractivity contribution is 6.04. The number of aliphatic carboxylic acids is 1. The van der Waals surface area contributed by atoms with Crippen LogP contribution in [0.3, 0.4) is 0 Å². The van der Waals surface area contributed by atoms with Crippen molar-refractivity contribution in [2.24, 2.45) is 12.8 Å². The lowest BCUT2D eigenvalue weighted by molar-refractivity contribution is -0.135. The van der Waals surface area contributed by atoms with E-state index in [1.807, 2.05) is 5.32 Å². The molecule has 0 spiro atoms. The third-order valence-electron chi connectivity index (χ3n) is 4.33. The van der Waals surface area contributed by atoms with E-state index in [4.69, 9.17) is 10.8 Å². The first-order valence-corrected chi connectivity index (χ1v) is 8.33. The van der Waals surface area contributed by atoms with Crippen LogP contribution in [-0.4, -0.2) is 44.1 Å². The minimum Gasteiger partial charge on any atom is -0.506 e. The minimum atomic E-state index is -1.30. The van der Waals surface area contributed by atoms with E-state index < -0.39 is 41.2 Å². The number of amides is 2. The molecule has 10 heteroatoms. The minimum absolute atomic E-state index is 0.0735. The number of pyridine rings is 2. The van der Waals surface area contributed by atoms with Gasteiger partial charge in [-0.05, 0) is 17.7 Å². The van der Waals surface area contributed by atoms with Crippen LogP contribution >= 0.6 is 0 Å². The molecule has 0 unspecified atom stereocenters. The van der Waals surface area contributed by atoms with E-state index in [1.165, 1.54) is 25.4 Å². The second-order valence-corrected chi connectivity index (χ2v) is 6.17. The van der Waals surface area contributed by atoms with Gasteiger partial charge >= 0.3 is 5.97 Å². The van der Waals surface area contributed by atoms with E-state index in [-0.39, 0.29) is 16.6 Å². The number of carboxylic acids is 1. The Morgan fingerprint density at radius 1 is 1.24 bits per heavy atom. The van der Waals surface area contributed by atoms with Crippen molar-refractivity contribution in [2.45, 2.75) is 0 Å². The average molecular weight is 396 g/mol. The SMILES string of the molecule is Cn1c(=O)c(C(=O)NCC(=O)O)c(O)c2cc(-c3ccccc3C(N)=O)cnc21. The van der Waals surface area contributed by atoms with Crippen molar-refractivity contribution >= 4 is 28.8 Å². The molecule has 2 amide bonds. The molecule has 0 radical (unpaired) electrons.